The lowest BCUT2D eigenvalue weighted by atomic mass is 10.0. The standard InChI is InChI=1S/C20H26F4N4O3S/c1-11(2)15(10-25-13-6-7-14(21)16(8-13)32(5,29)30)26-19-27-17(20(22,23)24)9-18(28-19)31-12(3)4/h6-9,11-12,15,25H,10H2,1-5H3,(H,26,27,28)/t15-/m0/s1. The highest BCUT2D eigenvalue weighted by Gasteiger charge is 2.34. The van der Waals surface area contributed by atoms with E-state index in [1.165, 1.54) is 6.07 Å². The molecule has 0 unspecified atom stereocenters. The Hall–Kier alpha value is -2.63. The molecule has 0 amide bonds. The lowest BCUT2D eigenvalue weighted by Gasteiger charge is -2.24. The van der Waals surface area contributed by atoms with E-state index in [1.54, 1.807) is 13.8 Å². The third kappa shape index (κ3) is 7.21. The van der Waals surface area contributed by atoms with Gasteiger partial charge in [0.15, 0.2) is 15.5 Å². The molecule has 0 aliphatic rings. The molecule has 1 aromatic carbocycles. The van der Waals surface area contributed by atoms with Gasteiger partial charge in [0, 0.05) is 30.6 Å². The van der Waals surface area contributed by atoms with Crippen molar-refractivity contribution in [3.63, 3.8) is 0 Å². The van der Waals surface area contributed by atoms with Crippen molar-refractivity contribution in [2.75, 3.05) is 23.4 Å². The second-order valence-corrected chi connectivity index (χ2v) is 9.86. The minimum atomic E-state index is -4.68. The van der Waals surface area contributed by atoms with E-state index in [0.29, 0.717) is 5.69 Å². The molecular formula is C20H26F4N4O3S. The Bertz CT molecular complexity index is 1040. The minimum Gasteiger partial charge on any atom is -0.475 e. The number of nitrogens with one attached hydrogen (secondary N) is 2. The van der Waals surface area contributed by atoms with Crippen LogP contribution in [0.15, 0.2) is 29.2 Å². The van der Waals surface area contributed by atoms with Gasteiger partial charge in [0.25, 0.3) is 0 Å². The Morgan fingerprint density at radius 2 is 1.75 bits per heavy atom. The number of anilines is 2. The molecule has 178 valence electrons. The maximum absolute atomic E-state index is 13.8. The molecule has 0 radical (unpaired) electrons. The monoisotopic (exact) mass is 478 g/mol. The van der Waals surface area contributed by atoms with Crippen molar-refractivity contribution in [2.24, 2.45) is 5.92 Å². The second-order valence-electron chi connectivity index (χ2n) is 7.87. The predicted molar refractivity (Wildman–Crippen MR) is 113 cm³/mol. The normalized spacial score (nSPS) is 13.3. The lowest BCUT2D eigenvalue weighted by molar-refractivity contribution is -0.141. The summed E-state index contributed by atoms with van der Waals surface area (Å²) < 4.78 is 82.3. The highest BCUT2D eigenvalue weighted by molar-refractivity contribution is 7.90. The maximum Gasteiger partial charge on any atom is 0.433 e. The van der Waals surface area contributed by atoms with Gasteiger partial charge in [0.05, 0.1) is 6.10 Å². The van der Waals surface area contributed by atoms with Crippen molar-refractivity contribution < 1.29 is 30.7 Å². The summed E-state index contributed by atoms with van der Waals surface area (Å²) in [7, 11) is -3.76. The van der Waals surface area contributed by atoms with Crippen molar-refractivity contribution in [3.05, 3.63) is 35.8 Å². The zero-order valence-corrected chi connectivity index (χ0v) is 19.1. The largest absolute Gasteiger partial charge is 0.475 e. The van der Waals surface area contributed by atoms with Gasteiger partial charge in [-0.1, -0.05) is 13.8 Å². The first-order chi connectivity index (χ1) is 14.7. The van der Waals surface area contributed by atoms with Crippen LogP contribution in [0, 0.1) is 11.7 Å². The van der Waals surface area contributed by atoms with Crippen molar-refractivity contribution in [3.8, 4) is 5.88 Å². The molecule has 0 saturated heterocycles. The summed E-state index contributed by atoms with van der Waals surface area (Å²) in [6.07, 6.45) is -4.17. The van der Waals surface area contributed by atoms with Crippen LogP contribution in [0.5, 0.6) is 5.88 Å². The zero-order valence-electron chi connectivity index (χ0n) is 18.3. The van der Waals surface area contributed by atoms with E-state index in [4.69, 9.17) is 4.74 Å². The molecule has 0 fully saturated rings. The molecule has 32 heavy (non-hydrogen) atoms. The summed E-state index contributed by atoms with van der Waals surface area (Å²) in [5, 5.41) is 5.85. The number of sulfone groups is 1. The molecular weight excluding hydrogens is 452 g/mol. The SMILES string of the molecule is CC(C)Oc1cc(C(F)(F)F)nc(N[C@@H](CNc2ccc(F)c(S(C)(=O)=O)c2)C(C)C)n1. The summed E-state index contributed by atoms with van der Waals surface area (Å²) in [6, 6.07) is 3.85. The second kappa shape index (κ2) is 9.88. The highest BCUT2D eigenvalue weighted by atomic mass is 32.2. The number of hydrogen-bond acceptors (Lipinski definition) is 7. The van der Waals surface area contributed by atoms with Crippen molar-refractivity contribution in [2.45, 2.75) is 50.9 Å². The van der Waals surface area contributed by atoms with Crippen molar-refractivity contribution >= 4 is 21.5 Å². The molecule has 2 N–H and O–H groups in total. The Labute approximate surface area is 184 Å². The fraction of sp³-hybridized carbons (Fsp3) is 0.500. The van der Waals surface area contributed by atoms with Crippen molar-refractivity contribution in [1.29, 1.82) is 0 Å². The van der Waals surface area contributed by atoms with Gasteiger partial charge in [0.2, 0.25) is 11.8 Å². The van der Waals surface area contributed by atoms with E-state index < -0.39 is 38.5 Å². The van der Waals surface area contributed by atoms with Crippen LogP contribution in [0.3, 0.4) is 0 Å². The average Bonchev–Trinajstić information content (AvgIpc) is 2.63. The highest BCUT2D eigenvalue weighted by Crippen LogP contribution is 2.31. The molecule has 0 bridgehead atoms. The summed E-state index contributed by atoms with van der Waals surface area (Å²) in [4.78, 5) is 7.13. The Morgan fingerprint density at radius 1 is 1.09 bits per heavy atom. The number of rotatable bonds is 9. The lowest BCUT2D eigenvalue weighted by Crippen LogP contribution is -2.34. The van der Waals surface area contributed by atoms with E-state index in [0.717, 1.165) is 24.5 Å². The van der Waals surface area contributed by atoms with Gasteiger partial charge in [-0.25, -0.2) is 17.8 Å². The van der Waals surface area contributed by atoms with Crippen LogP contribution in [0.2, 0.25) is 0 Å². The molecule has 2 aromatic rings. The van der Waals surface area contributed by atoms with Crippen LogP contribution in [-0.4, -0.2) is 43.3 Å². The van der Waals surface area contributed by atoms with Crippen LogP contribution >= 0.6 is 0 Å². The molecule has 12 heteroatoms. The molecule has 1 aromatic heterocycles. The van der Waals surface area contributed by atoms with Crippen LogP contribution in [-0.2, 0) is 16.0 Å². The van der Waals surface area contributed by atoms with Crippen LogP contribution in [0.4, 0.5) is 29.2 Å². The number of hydrogen-bond donors (Lipinski definition) is 2. The first-order valence-electron chi connectivity index (χ1n) is 9.79. The first kappa shape index (κ1) is 25.6. The van der Waals surface area contributed by atoms with Crippen LogP contribution in [0.1, 0.15) is 33.4 Å². The summed E-state index contributed by atoms with van der Waals surface area (Å²) in [5.74, 6) is -1.42. The Morgan fingerprint density at radius 3 is 2.28 bits per heavy atom. The van der Waals surface area contributed by atoms with E-state index in [1.807, 2.05) is 13.8 Å². The molecule has 7 nitrogen and oxygen atoms in total. The Balaban J connectivity index is 2.26. The first-order valence-corrected chi connectivity index (χ1v) is 11.7. The molecule has 0 aliphatic carbocycles. The van der Waals surface area contributed by atoms with Crippen LogP contribution in [0.25, 0.3) is 0 Å². The van der Waals surface area contributed by atoms with Gasteiger partial charge in [-0.05, 0) is 38.0 Å². The topological polar surface area (TPSA) is 93.2 Å². The van der Waals surface area contributed by atoms with Crippen LogP contribution < -0.4 is 15.4 Å². The molecule has 0 spiro atoms. The number of aromatic nitrogens is 2. The van der Waals surface area contributed by atoms with Gasteiger partial charge < -0.3 is 15.4 Å². The molecule has 0 saturated carbocycles. The zero-order chi connectivity index (χ0) is 24.3. The van der Waals surface area contributed by atoms with E-state index in [2.05, 4.69) is 20.6 Å². The summed E-state index contributed by atoms with van der Waals surface area (Å²) in [5.41, 5.74) is -0.800. The Kier molecular flexibility index (Phi) is 7.92. The fourth-order valence-corrected chi connectivity index (χ4v) is 3.44. The number of ether oxygens (including phenoxy) is 1. The summed E-state index contributed by atoms with van der Waals surface area (Å²) in [6.45, 7) is 7.18. The number of benzene rings is 1. The number of halogens is 4. The van der Waals surface area contributed by atoms with E-state index in [9.17, 15) is 26.0 Å². The van der Waals surface area contributed by atoms with Gasteiger partial charge in [-0.2, -0.15) is 18.2 Å². The average molecular weight is 479 g/mol. The van der Waals surface area contributed by atoms with Gasteiger partial charge in [-0.3, -0.25) is 0 Å². The third-order valence-electron chi connectivity index (χ3n) is 4.33. The quantitative estimate of drug-likeness (QED) is 0.517. The maximum atomic E-state index is 13.8. The molecule has 1 atom stereocenters. The molecule has 2 rings (SSSR count). The summed E-state index contributed by atoms with van der Waals surface area (Å²) >= 11 is 0. The number of alkyl halides is 3. The number of nitrogens with zero attached hydrogens (tertiary/aromatic N) is 2. The smallest absolute Gasteiger partial charge is 0.433 e. The minimum absolute atomic E-state index is 0.0788. The fourth-order valence-electron chi connectivity index (χ4n) is 2.68. The molecule has 0 aliphatic heterocycles. The third-order valence-corrected chi connectivity index (χ3v) is 5.44. The van der Waals surface area contributed by atoms with Gasteiger partial charge in [-0.15, -0.1) is 0 Å². The van der Waals surface area contributed by atoms with E-state index >= 15 is 0 Å². The van der Waals surface area contributed by atoms with Gasteiger partial charge in [0.1, 0.15) is 10.7 Å². The van der Waals surface area contributed by atoms with Gasteiger partial charge >= 0.3 is 6.18 Å². The predicted octanol–water partition coefficient (Wildman–Crippen LogP) is 4.37. The van der Waals surface area contributed by atoms with Crippen molar-refractivity contribution in [1.82, 2.24) is 9.97 Å². The van der Waals surface area contributed by atoms with E-state index in [-0.39, 0.29) is 30.4 Å². The molecule has 1 heterocycles.